The van der Waals surface area contributed by atoms with Gasteiger partial charge in [0.25, 0.3) is 0 Å². The Morgan fingerprint density at radius 2 is 1.70 bits per heavy atom. The number of hydrogen-bond acceptors (Lipinski definition) is 2. The maximum absolute atomic E-state index is 9.93. The van der Waals surface area contributed by atoms with Gasteiger partial charge in [0.1, 0.15) is 0 Å². The molecule has 0 aliphatic carbocycles. The van der Waals surface area contributed by atoms with Crippen LogP contribution in [0.5, 0.6) is 0 Å². The van der Waals surface area contributed by atoms with Gasteiger partial charge in [0.2, 0.25) is 0 Å². The molecule has 0 spiro atoms. The molecule has 0 saturated carbocycles. The Hall–Kier alpha value is 0.686. The quantitative estimate of drug-likeness (QED) is 0.308. The van der Waals surface area contributed by atoms with Crippen molar-refractivity contribution in [1.82, 2.24) is 0 Å². The predicted molar refractivity (Wildman–Crippen MR) is 38.3 cm³/mol. The zero-order chi connectivity index (χ0) is 7.11. The molecule has 0 atom stereocenters. The summed E-state index contributed by atoms with van der Waals surface area (Å²) in [4.78, 5) is 0. The molecular weight excluding hydrogens is 140 g/mol. The van der Waals surface area contributed by atoms with Crippen molar-refractivity contribution in [3.05, 3.63) is 0 Å². The van der Waals surface area contributed by atoms with Crippen LogP contribution in [0, 0.1) is 0 Å². The summed E-state index contributed by atoms with van der Waals surface area (Å²) >= 11 is 0. The average molecular weight is 154 g/mol. The van der Waals surface area contributed by atoms with E-state index in [1.165, 1.54) is 0 Å². The van der Waals surface area contributed by atoms with Crippen molar-refractivity contribution in [2.45, 2.75) is 45.3 Å². The summed E-state index contributed by atoms with van der Waals surface area (Å²) in [6.45, 7) is 2.10. The summed E-state index contributed by atoms with van der Waals surface area (Å²) in [5.74, 6) is 0. The van der Waals surface area contributed by atoms with Gasteiger partial charge in [0, 0.05) is 0 Å². The molecule has 0 rings (SSSR count). The summed E-state index contributed by atoms with van der Waals surface area (Å²) in [5, 5.41) is 19.9. The van der Waals surface area contributed by atoms with Crippen LogP contribution in [0.15, 0.2) is 0 Å². The standard InChI is InChI=1S/C7H14O2.Mg/c1-2-3-4-5-6-7(8)9;/h7H,2-6H2,1H3;/q-2;+2. The van der Waals surface area contributed by atoms with E-state index in [2.05, 4.69) is 6.92 Å². The van der Waals surface area contributed by atoms with Crippen molar-refractivity contribution in [2.75, 3.05) is 0 Å². The van der Waals surface area contributed by atoms with Gasteiger partial charge in [-0.05, 0) is 0 Å². The first-order valence-corrected chi connectivity index (χ1v) is 3.59. The molecule has 2 nitrogen and oxygen atoms in total. The molecule has 0 heterocycles. The molecule has 0 bridgehead atoms. The fraction of sp³-hybridized carbons (Fsp3) is 1.00. The van der Waals surface area contributed by atoms with Crippen molar-refractivity contribution < 1.29 is 10.2 Å². The van der Waals surface area contributed by atoms with Crippen LogP contribution in [0.3, 0.4) is 0 Å². The van der Waals surface area contributed by atoms with E-state index in [1.807, 2.05) is 0 Å². The summed E-state index contributed by atoms with van der Waals surface area (Å²) in [6, 6.07) is 0. The van der Waals surface area contributed by atoms with Crippen molar-refractivity contribution in [1.29, 1.82) is 0 Å². The molecule has 0 fully saturated rings. The minimum atomic E-state index is -1.60. The van der Waals surface area contributed by atoms with Crippen LogP contribution in [0.25, 0.3) is 0 Å². The SMILES string of the molecule is CCCCCCC([O-])[O-].[Mg+2]. The van der Waals surface area contributed by atoms with E-state index in [0.29, 0.717) is 6.42 Å². The molecule has 0 saturated heterocycles. The maximum atomic E-state index is 9.93. The summed E-state index contributed by atoms with van der Waals surface area (Å²) < 4.78 is 0. The minimum Gasteiger partial charge on any atom is -0.865 e. The molecule has 0 radical (unpaired) electrons. The average Bonchev–Trinajstić information content (AvgIpc) is 1.80. The number of unbranched alkanes of at least 4 members (excludes halogenated alkanes) is 3. The minimum absolute atomic E-state index is 0. The van der Waals surface area contributed by atoms with E-state index < -0.39 is 6.29 Å². The van der Waals surface area contributed by atoms with E-state index >= 15 is 0 Å². The molecule has 3 heteroatoms. The Balaban J connectivity index is 0. The van der Waals surface area contributed by atoms with Crippen molar-refractivity contribution in [3.8, 4) is 0 Å². The topological polar surface area (TPSA) is 46.1 Å². The fourth-order valence-electron chi connectivity index (χ4n) is 0.738. The Bertz CT molecular complexity index is 57.6. The maximum Gasteiger partial charge on any atom is 2.00 e. The second kappa shape index (κ2) is 9.69. The normalized spacial score (nSPS) is 9.60. The Morgan fingerprint density at radius 3 is 2.10 bits per heavy atom. The number of rotatable bonds is 5. The van der Waals surface area contributed by atoms with Crippen LogP contribution in [0.1, 0.15) is 39.0 Å². The van der Waals surface area contributed by atoms with E-state index in [-0.39, 0.29) is 23.1 Å². The van der Waals surface area contributed by atoms with Crippen molar-refractivity contribution in [2.24, 2.45) is 0 Å². The van der Waals surface area contributed by atoms with Crippen LogP contribution in [0.4, 0.5) is 0 Å². The van der Waals surface area contributed by atoms with Gasteiger partial charge in [-0.25, -0.2) is 6.29 Å². The van der Waals surface area contributed by atoms with Crippen molar-refractivity contribution >= 4 is 23.1 Å². The van der Waals surface area contributed by atoms with Crippen molar-refractivity contribution in [3.63, 3.8) is 0 Å². The molecule has 0 amide bonds. The molecule has 56 valence electrons. The van der Waals surface area contributed by atoms with Gasteiger partial charge in [-0.1, -0.05) is 39.0 Å². The fourth-order valence-corrected chi connectivity index (χ4v) is 0.738. The summed E-state index contributed by atoms with van der Waals surface area (Å²) in [5.41, 5.74) is 0. The van der Waals surface area contributed by atoms with E-state index in [0.717, 1.165) is 25.7 Å². The second-order valence-corrected chi connectivity index (χ2v) is 2.28. The predicted octanol–water partition coefficient (Wildman–Crippen LogP) is -0.377. The first-order chi connectivity index (χ1) is 4.27. The van der Waals surface area contributed by atoms with Crippen LogP contribution in [0.2, 0.25) is 0 Å². The first-order valence-electron chi connectivity index (χ1n) is 3.59. The van der Waals surface area contributed by atoms with E-state index in [4.69, 9.17) is 0 Å². The molecule has 0 aromatic rings. The smallest absolute Gasteiger partial charge is 0.865 e. The van der Waals surface area contributed by atoms with Gasteiger partial charge in [-0.3, -0.25) is 0 Å². The zero-order valence-corrected chi connectivity index (χ0v) is 8.05. The van der Waals surface area contributed by atoms with Gasteiger partial charge >= 0.3 is 23.1 Å². The summed E-state index contributed by atoms with van der Waals surface area (Å²) in [7, 11) is 0. The molecular formula is C7H14MgO2. The zero-order valence-electron chi connectivity index (χ0n) is 6.64. The van der Waals surface area contributed by atoms with Gasteiger partial charge in [0.05, 0.1) is 0 Å². The Labute approximate surface area is 78.8 Å². The largest absolute Gasteiger partial charge is 2.00 e. The van der Waals surface area contributed by atoms with Crippen LogP contribution in [-0.4, -0.2) is 29.3 Å². The second-order valence-electron chi connectivity index (χ2n) is 2.28. The molecule has 0 unspecified atom stereocenters. The molecule has 0 N–H and O–H groups in total. The first kappa shape index (κ1) is 13.3. The van der Waals surface area contributed by atoms with Crippen LogP contribution in [-0.2, 0) is 0 Å². The third kappa shape index (κ3) is 11.5. The Kier molecular flexibility index (Phi) is 12.9. The molecule has 0 aliphatic heterocycles. The molecule has 10 heavy (non-hydrogen) atoms. The third-order valence-electron chi connectivity index (χ3n) is 1.29. The van der Waals surface area contributed by atoms with Gasteiger partial charge in [-0.15, -0.1) is 0 Å². The van der Waals surface area contributed by atoms with Gasteiger partial charge in [0.15, 0.2) is 0 Å². The van der Waals surface area contributed by atoms with E-state index in [1.54, 1.807) is 0 Å². The summed E-state index contributed by atoms with van der Waals surface area (Å²) in [6.07, 6.45) is 2.86. The Morgan fingerprint density at radius 1 is 1.10 bits per heavy atom. The van der Waals surface area contributed by atoms with Gasteiger partial charge < -0.3 is 10.2 Å². The monoisotopic (exact) mass is 154 g/mol. The van der Waals surface area contributed by atoms with E-state index in [9.17, 15) is 10.2 Å². The van der Waals surface area contributed by atoms with Gasteiger partial charge in [-0.2, -0.15) is 0 Å². The van der Waals surface area contributed by atoms with Crippen LogP contribution < -0.4 is 10.2 Å². The molecule has 0 aliphatic rings. The third-order valence-corrected chi connectivity index (χ3v) is 1.29. The molecule has 0 aromatic heterocycles. The van der Waals surface area contributed by atoms with Crippen LogP contribution >= 0.6 is 0 Å². The number of hydrogen-bond donors (Lipinski definition) is 0. The molecule has 0 aromatic carbocycles.